The van der Waals surface area contributed by atoms with Crippen LogP contribution < -0.4 is 14.8 Å². The fraction of sp³-hybridized carbons (Fsp3) is 0.167. The van der Waals surface area contributed by atoms with Crippen molar-refractivity contribution in [3.63, 3.8) is 0 Å². The first-order valence-corrected chi connectivity index (χ1v) is 9.70. The Bertz CT molecular complexity index is 1090. The number of hydrogen-bond donors (Lipinski definition) is 1. The predicted molar refractivity (Wildman–Crippen MR) is 114 cm³/mol. The summed E-state index contributed by atoms with van der Waals surface area (Å²) in [5.41, 5.74) is 2.23. The minimum atomic E-state index is -3.04. The molecule has 0 aliphatic carbocycles. The first-order chi connectivity index (χ1) is 15.4. The van der Waals surface area contributed by atoms with Gasteiger partial charge in [-0.25, -0.2) is 4.79 Å². The Morgan fingerprint density at radius 2 is 1.66 bits per heavy atom. The lowest BCUT2D eigenvalue weighted by Crippen LogP contribution is -2.21. The third-order valence-corrected chi connectivity index (χ3v) is 4.30. The molecule has 32 heavy (non-hydrogen) atoms. The van der Waals surface area contributed by atoms with Crippen LogP contribution in [0.4, 0.5) is 14.5 Å². The van der Waals surface area contributed by atoms with Crippen LogP contribution in [-0.2, 0) is 16.1 Å². The highest BCUT2D eigenvalue weighted by atomic mass is 19.3. The van der Waals surface area contributed by atoms with Crippen molar-refractivity contribution >= 4 is 17.6 Å². The zero-order valence-electron chi connectivity index (χ0n) is 17.2. The maximum Gasteiger partial charge on any atom is 0.387 e. The van der Waals surface area contributed by atoms with Gasteiger partial charge < -0.3 is 19.5 Å². The molecule has 3 aromatic rings. The Morgan fingerprint density at radius 3 is 2.41 bits per heavy atom. The molecule has 0 aliphatic heterocycles. The van der Waals surface area contributed by atoms with Gasteiger partial charge in [0.05, 0.1) is 5.69 Å². The summed E-state index contributed by atoms with van der Waals surface area (Å²) in [5.74, 6) is -1.34. The van der Waals surface area contributed by atoms with Gasteiger partial charge in [0.25, 0.3) is 5.91 Å². The number of carbonyl (C=O) groups is 2. The van der Waals surface area contributed by atoms with Gasteiger partial charge in [0.15, 0.2) is 6.61 Å². The standard InChI is InChI=1S/C24H21F2NO5/c1-16-7-6-8-17(13-16)14-30-20-11-4-2-9-18(20)23(29)31-15-22(28)27-19-10-3-5-12-21(19)32-24(25)26/h2-13,24H,14-15H2,1H3,(H,27,28). The maximum absolute atomic E-state index is 12.5. The van der Waals surface area contributed by atoms with E-state index in [1.54, 1.807) is 24.3 Å². The summed E-state index contributed by atoms with van der Waals surface area (Å²) in [6.07, 6.45) is 0. The third kappa shape index (κ3) is 6.53. The van der Waals surface area contributed by atoms with Crippen LogP contribution >= 0.6 is 0 Å². The summed E-state index contributed by atoms with van der Waals surface area (Å²) >= 11 is 0. The van der Waals surface area contributed by atoms with Crippen LogP contribution in [0, 0.1) is 6.92 Å². The lowest BCUT2D eigenvalue weighted by atomic mass is 10.1. The predicted octanol–water partition coefficient (Wildman–Crippen LogP) is 4.97. The topological polar surface area (TPSA) is 73.9 Å². The second-order valence-corrected chi connectivity index (χ2v) is 6.77. The quantitative estimate of drug-likeness (QED) is 0.475. The molecule has 0 aromatic heterocycles. The van der Waals surface area contributed by atoms with Crippen LogP contribution in [0.2, 0.25) is 0 Å². The zero-order chi connectivity index (χ0) is 22.9. The first kappa shape index (κ1) is 22.7. The van der Waals surface area contributed by atoms with E-state index in [2.05, 4.69) is 10.1 Å². The molecular formula is C24H21F2NO5. The fourth-order valence-electron chi connectivity index (χ4n) is 2.89. The molecule has 6 nitrogen and oxygen atoms in total. The molecule has 0 atom stereocenters. The van der Waals surface area contributed by atoms with Crippen molar-refractivity contribution in [2.45, 2.75) is 20.1 Å². The van der Waals surface area contributed by atoms with Crippen LogP contribution in [0.25, 0.3) is 0 Å². The van der Waals surface area contributed by atoms with Gasteiger partial charge in [0, 0.05) is 0 Å². The average Bonchev–Trinajstić information content (AvgIpc) is 2.77. The molecule has 8 heteroatoms. The van der Waals surface area contributed by atoms with E-state index >= 15 is 0 Å². The molecular weight excluding hydrogens is 420 g/mol. The number of benzene rings is 3. The highest BCUT2D eigenvalue weighted by Gasteiger charge is 2.17. The van der Waals surface area contributed by atoms with E-state index in [0.29, 0.717) is 5.75 Å². The lowest BCUT2D eigenvalue weighted by Gasteiger charge is -2.13. The normalized spacial score (nSPS) is 10.5. The van der Waals surface area contributed by atoms with Gasteiger partial charge in [-0.3, -0.25) is 4.79 Å². The second-order valence-electron chi connectivity index (χ2n) is 6.77. The Balaban J connectivity index is 1.59. The summed E-state index contributed by atoms with van der Waals surface area (Å²) in [6.45, 7) is -1.43. The average molecular weight is 441 g/mol. The van der Waals surface area contributed by atoms with Gasteiger partial charge >= 0.3 is 12.6 Å². The van der Waals surface area contributed by atoms with Gasteiger partial charge in [0.2, 0.25) is 0 Å². The van der Waals surface area contributed by atoms with E-state index in [1.807, 2.05) is 31.2 Å². The Kier molecular flexibility index (Phi) is 7.75. The monoisotopic (exact) mass is 441 g/mol. The van der Waals surface area contributed by atoms with Crippen LogP contribution in [0.1, 0.15) is 21.5 Å². The number of para-hydroxylation sites is 3. The summed E-state index contributed by atoms with van der Waals surface area (Å²) in [4.78, 5) is 24.6. The molecule has 0 spiro atoms. The molecule has 3 aromatic carbocycles. The van der Waals surface area contributed by atoms with Crippen molar-refractivity contribution in [3.05, 3.63) is 89.5 Å². The number of rotatable bonds is 9. The van der Waals surface area contributed by atoms with Gasteiger partial charge in [0.1, 0.15) is 23.7 Å². The number of ether oxygens (including phenoxy) is 3. The molecule has 3 rings (SSSR count). The molecule has 0 fully saturated rings. The number of hydrogen-bond acceptors (Lipinski definition) is 5. The summed E-state index contributed by atoms with van der Waals surface area (Å²) in [6, 6.07) is 20.0. The van der Waals surface area contributed by atoms with E-state index in [-0.39, 0.29) is 23.6 Å². The van der Waals surface area contributed by atoms with Gasteiger partial charge in [-0.1, -0.05) is 54.1 Å². The van der Waals surface area contributed by atoms with Gasteiger partial charge in [-0.05, 0) is 36.8 Å². The van der Waals surface area contributed by atoms with Crippen LogP contribution in [0.15, 0.2) is 72.8 Å². The van der Waals surface area contributed by atoms with Crippen molar-refractivity contribution in [3.8, 4) is 11.5 Å². The molecule has 0 unspecified atom stereocenters. The van der Waals surface area contributed by atoms with E-state index in [1.165, 1.54) is 24.3 Å². The maximum atomic E-state index is 12.5. The highest BCUT2D eigenvalue weighted by Crippen LogP contribution is 2.25. The number of anilines is 1. The Morgan fingerprint density at radius 1 is 0.938 bits per heavy atom. The fourth-order valence-corrected chi connectivity index (χ4v) is 2.89. The molecule has 166 valence electrons. The molecule has 0 saturated carbocycles. The third-order valence-electron chi connectivity index (χ3n) is 4.30. The number of esters is 1. The number of alkyl halides is 2. The van der Waals surface area contributed by atoms with Gasteiger partial charge in [-0.15, -0.1) is 0 Å². The van der Waals surface area contributed by atoms with Crippen LogP contribution in [0.3, 0.4) is 0 Å². The lowest BCUT2D eigenvalue weighted by molar-refractivity contribution is -0.119. The summed E-state index contributed by atoms with van der Waals surface area (Å²) in [7, 11) is 0. The smallest absolute Gasteiger partial charge is 0.387 e. The summed E-state index contributed by atoms with van der Waals surface area (Å²) < 4.78 is 40.2. The first-order valence-electron chi connectivity index (χ1n) is 9.70. The molecule has 1 amide bonds. The molecule has 0 bridgehead atoms. The van der Waals surface area contributed by atoms with Gasteiger partial charge in [-0.2, -0.15) is 8.78 Å². The highest BCUT2D eigenvalue weighted by molar-refractivity contribution is 5.97. The molecule has 1 N–H and O–H groups in total. The number of amides is 1. The Hall–Kier alpha value is -3.94. The van der Waals surface area contributed by atoms with Crippen molar-refractivity contribution < 1.29 is 32.6 Å². The number of nitrogens with one attached hydrogen (secondary N) is 1. The SMILES string of the molecule is Cc1cccc(COc2ccccc2C(=O)OCC(=O)Nc2ccccc2OC(F)F)c1. The van der Waals surface area contributed by atoms with E-state index in [4.69, 9.17) is 9.47 Å². The van der Waals surface area contributed by atoms with Crippen molar-refractivity contribution in [1.82, 2.24) is 0 Å². The second kappa shape index (κ2) is 10.9. The largest absolute Gasteiger partial charge is 0.488 e. The molecule has 0 heterocycles. The van der Waals surface area contributed by atoms with Crippen molar-refractivity contribution in [2.75, 3.05) is 11.9 Å². The minimum Gasteiger partial charge on any atom is -0.488 e. The van der Waals surface area contributed by atoms with E-state index in [0.717, 1.165) is 11.1 Å². The minimum absolute atomic E-state index is 0.0377. The Labute approximate surface area is 183 Å². The van der Waals surface area contributed by atoms with Crippen LogP contribution in [-0.4, -0.2) is 25.1 Å². The van der Waals surface area contributed by atoms with Crippen molar-refractivity contribution in [2.24, 2.45) is 0 Å². The molecule has 0 aliphatic rings. The van der Waals surface area contributed by atoms with Crippen molar-refractivity contribution in [1.29, 1.82) is 0 Å². The summed E-state index contributed by atoms with van der Waals surface area (Å²) in [5, 5.41) is 2.38. The number of aryl methyl sites for hydroxylation is 1. The zero-order valence-corrected chi connectivity index (χ0v) is 17.2. The van der Waals surface area contributed by atoms with E-state index < -0.39 is 25.1 Å². The molecule has 0 saturated heterocycles. The van der Waals surface area contributed by atoms with E-state index in [9.17, 15) is 18.4 Å². The molecule has 0 radical (unpaired) electrons. The number of halogens is 2. The van der Waals surface area contributed by atoms with Crippen LogP contribution in [0.5, 0.6) is 11.5 Å². The number of carbonyl (C=O) groups excluding carboxylic acids is 2.